The van der Waals surface area contributed by atoms with Crippen molar-refractivity contribution in [3.63, 3.8) is 0 Å². The predicted octanol–water partition coefficient (Wildman–Crippen LogP) is 2.18. The van der Waals surface area contributed by atoms with E-state index in [-0.39, 0.29) is 49.3 Å². The first-order valence-corrected chi connectivity index (χ1v) is 8.45. The molecule has 6 nitrogen and oxygen atoms in total. The summed E-state index contributed by atoms with van der Waals surface area (Å²) in [6.45, 7) is 1.24. The Bertz CT molecular complexity index is 723. The summed E-state index contributed by atoms with van der Waals surface area (Å²) < 4.78 is 27.6. The monoisotopic (exact) mass is 368 g/mol. The van der Waals surface area contributed by atoms with Crippen molar-refractivity contribution in [3.05, 3.63) is 34.9 Å². The SMILES string of the molecule is Cc1ccc(F)c(CNC(=O)CCC2(CCC(=O)O)CCC(=O)N2)c1F. The van der Waals surface area contributed by atoms with E-state index in [2.05, 4.69) is 10.6 Å². The highest BCUT2D eigenvalue weighted by Crippen LogP contribution is 2.30. The van der Waals surface area contributed by atoms with Crippen LogP contribution in [0.25, 0.3) is 0 Å². The Morgan fingerprint density at radius 3 is 2.58 bits per heavy atom. The van der Waals surface area contributed by atoms with E-state index in [1.54, 1.807) is 0 Å². The third-order valence-electron chi connectivity index (χ3n) is 4.72. The van der Waals surface area contributed by atoms with Crippen LogP contribution in [0.15, 0.2) is 12.1 Å². The normalized spacial score (nSPS) is 19.3. The maximum Gasteiger partial charge on any atom is 0.303 e. The molecule has 0 spiro atoms. The molecule has 1 unspecified atom stereocenters. The average molecular weight is 368 g/mol. The Labute approximate surface area is 150 Å². The highest BCUT2D eigenvalue weighted by Gasteiger charge is 2.37. The number of hydrogen-bond donors (Lipinski definition) is 3. The Morgan fingerprint density at radius 2 is 1.96 bits per heavy atom. The average Bonchev–Trinajstić information content (AvgIpc) is 2.96. The molecular weight excluding hydrogens is 346 g/mol. The Kier molecular flexibility index (Phi) is 6.28. The van der Waals surface area contributed by atoms with Gasteiger partial charge in [-0.05, 0) is 37.8 Å². The molecule has 1 aromatic rings. The molecule has 8 heteroatoms. The zero-order valence-corrected chi connectivity index (χ0v) is 14.5. The third-order valence-corrected chi connectivity index (χ3v) is 4.72. The van der Waals surface area contributed by atoms with Crippen LogP contribution in [-0.4, -0.2) is 28.4 Å². The summed E-state index contributed by atoms with van der Waals surface area (Å²) in [7, 11) is 0. The van der Waals surface area contributed by atoms with Gasteiger partial charge in [0.25, 0.3) is 0 Å². The van der Waals surface area contributed by atoms with Gasteiger partial charge in [-0.15, -0.1) is 0 Å². The second-order valence-corrected chi connectivity index (χ2v) is 6.66. The molecule has 1 heterocycles. The Morgan fingerprint density at radius 1 is 1.27 bits per heavy atom. The first-order valence-electron chi connectivity index (χ1n) is 8.45. The molecule has 26 heavy (non-hydrogen) atoms. The number of nitrogens with one attached hydrogen (secondary N) is 2. The molecular formula is C18H22F2N2O4. The third kappa shape index (κ3) is 5.00. The van der Waals surface area contributed by atoms with Crippen LogP contribution in [0.1, 0.15) is 49.7 Å². The molecule has 3 N–H and O–H groups in total. The number of halogens is 2. The van der Waals surface area contributed by atoms with Crippen LogP contribution in [0.3, 0.4) is 0 Å². The lowest BCUT2D eigenvalue weighted by molar-refractivity contribution is -0.137. The van der Waals surface area contributed by atoms with Gasteiger partial charge >= 0.3 is 5.97 Å². The topological polar surface area (TPSA) is 95.5 Å². The van der Waals surface area contributed by atoms with Crippen LogP contribution < -0.4 is 10.6 Å². The Balaban J connectivity index is 1.91. The quantitative estimate of drug-likeness (QED) is 0.655. The fourth-order valence-electron chi connectivity index (χ4n) is 3.12. The lowest BCUT2D eigenvalue weighted by Crippen LogP contribution is -2.43. The van der Waals surface area contributed by atoms with Gasteiger partial charge in [-0.25, -0.2) is 8.78 Å². The molecule has 0 radical (unpaired) electrons. The summed E-state index contributed by atoms with van der Waals surface area (Å²) in [5.41, 5.74) is -0.628. The van der Waals surface area contributed by atoms with E-state index in [0.29, 0.717) is 12.8 Å². The van der Waals surface area contributed by atoms with Crippen molar-refractivity contribution in [1.82, 2.24) is 10.6 Å². The number of carboxylic acid groups (broad SMARTS) is 1. The number of carboxylic acids is 1. The number of rotatable bonds is 8. The van der Waals surface area contributed by atoms with Gasteiger partial charge in [-0.3, -0.25) is 14.4 Å². The van der Waals surface area contributed by atoms with Crippen molar-refractivity contribution in [2.45, 2.75) is 57.5 Å². The van der Waals surface area contributed by atoms with E-state index >= 15 is 0 Å². The van der Waals surface area contributed by atoms with Gasteiger partial charge in [0, 0.05) is 36.9 Å². The van der Waals surface area contributed by atoms with Gasteiger partial charge in [0.05, 0.1) is 0 Å². The molecule has 142 valence electrons. The van der Waals surface area contributed by atoms with E-state index in [1.165, 1.54) is 13.0 Å². The molecule has 0 aliphatic carbocycles. The van der Waals surface area contributed by atoms with Crippen LogP contribution >= 0.6 is 0 Å². The molecule has 2 rings (SSSR count). The van der Waals surface area contributed by atoms with Crippen molar-refractivity contribution in [3.8, 4) is 0 Å². The lowest BCUT2D eigenvalue weighted by Gasteiger charge is -2.28. The molecule has 2 amide bonds. The van der Waals surface area contributed by atoms with Crippen molar-refractivity contribution in [1.29, 1.82) is 0 Å². The molecule has 1 saturated heterocycles. The zero-order valence-electron chi connectivity index (χ0n) is 14.5. The maximum absolute atomic E-state index is 13.9. The highest BCUT2D eigenvalue weighted by molar-refractivity contribution is 5.80. The maximum atomic E-state index is 13.9. The number of benzene rings is 1. The van der Waals surface area contributed by atoms with Crippen molar-refractivity contribution in [2.75, 3.05) is 0 Å². The standard InChI is InChI=1S/C18H22F2N2O4/c1-11-2-3-13(19)12(17(11)20)10-21-14(23)4-7-18(9-6-16(25)26)8-5-15(24)22-18/h2-3H,4-10H2,1H3,(H,21,23)(H,22,24)(H,25,26). The summed E-state index contributed by atoms with van der Waals surface area (Å²) in [6.07, 6.45) is 1.18. The molecule has 0 saturated carbocycles. The number of aryl methyl sites for hydroxylation is 1. The summed E-state index contributed by atoms with van der Waals surface area (Å²) in [5, 5.41) is 14.1. The van der Waals surface area contributed by atoms with Crippen LogP contribution in [-0.2, 0) is 20.9 Å². The smallest absolute Gasteiger partial charge is 0.303 e. The van der Waals surface area contributed by atoms with Crippen LogP contribution in [0.4, 0.5) is 8.78 Å². The number of hydrogen-bond acceptors (Lipinski definition) is 3. The summed E-state index contributed by atoms with van der Waals surface area (Å²) in [4.78, 5) is 34.4. The minimum Gasteiger partial charge on any atom is -0.481 e. The van der Waals surface area contributed by atoms with Crippen LogP contribution in [0.2, 0.25) is 0 Å². The minimum absolute atomic E-state index is 0.0228. The fourth-order valence-corrected chi connectivity index (χ4v) is 3.12. The lowest BCUT2D eigenvalue weighted by atomic mass is 9.86. The van der Waals surface area contributed by atoms with E-state index in [1.807, 2.05) is 0 Å². The van der Waals surface area contributed by atoms with Crippen LogP contribution in [0.5, 0.6) is 0 Å². The minimum atomic E-state index is -0.972. The highest BCUT2D eigenvalue weighted by atomic mass is 19.1. The predicted molar refractivity (Wildman–Crippen MR) is 89.2 cm³/mol. The largest absolute Gasteiger partial charge is 0.481 e. The van der Waals surface area contributed by atoms with E-state index in [9.17, 15) is 23.2 Å². The zero-order chi connectivity index (χ0) is 19.3. The van der Waals surface area contributed by atoms with Crippen molar-refractivity contribution >= 4 is 17.8 Å². The van der Waals surface area contributed by atoms with E-state index in [0.717, 1.165) is 6.07 Å². The number of amides is 2. The number of carbonyl (C=O) groups is 3. The van der Waals surface area contributed by atoms with Crippen LogP contribution in [0, 0.1) is 18.6 Å². The van der Waals surface area contributed by atoms with E-state index < -0.39 is 29.0 Å². The van der Waals surface area contributed by atoms with Gasteiger partial charge in [0.2, 0.25) is 11.8 Å². The molecule has 1 aliphatic rings. The van der Waals surface area contributed by atoms with Crippen molar-refractivity contribution in [2.24, 2.45) is 0 Å². The second-order valence-electron chi connectivity index (χ2n) is 6.66. The number of carbonyl (C=O) groups excluding carboxylic acids is 2. The molecule has 0 aromatic heterocycles. The first-order chi connectivity index (χ1) is 12.2. The summed E-state index contributed by atoms with van der Waals surface area (Å²) in [5.74, 6) is -2.97. The van der Waals surface area contributed by atoms with Gasteiger partial charge in [-0.1, -0.05) is 6.07 Å². The summed E-state index contributed by atoms with van der Waals surface area (Å²) >= 11 is 0. The number of aliphatic carboxylic acids is 1. The molecule has 1 aromatic carbocycles. The molecule has 0 bridgehead atoms. The van der Waals surface area contributed by atoms with Crippen molar-refractivity contribution < 1.29 is 28.3 Å². The molecule has 1 fully saturated rings. The van der Waals surface area contributed by atoms with E-state index in [4.69, 9.17) is 5.11 Å². The summed E-state index contributed by atoms with van der Waals surface area (Å²) in [6, 6.07) is 2.47. The molecule has 1 aliphatic heterocycles. The van der Waals surface area contributed by atoms with Gasteiger partial charge in [0.1, 0.15) is 11.6 Å². The first kappa shape index (κ1) is 19.8. The van der Waals surface area contributed by atoms with Gasteiger partial charge < -0.3 is 15.7 Å². The second kappa shape index (κ2) is 8.25. The molecule has 1 atom stereocenters. The van der Waals surface area contributed by atoms with Gasteiger partial charge in [-0.2, -0.15) is 0 Å². The van der Waals surface area contributed by atoms with Gasteiger partial charge in [0.15, 0.2) is 0 Å². The fraction of sp³-hybridized carbons (Fsp3) is 0.500. The Hall–Kier alpha value is -2.51.